The van der Waals surface area contributed by atoms with Crippen LogP contribution in [0.15, 0.2) is 41.8 Å². The molecule has 0 aromatic carbocycles. The molecule has 0 aliphatic rings. The summed E-state index contributed by atoms with van der Waals surface area (Å²) in [5.74, 6) is -0.566. The minimum atomic E-state index is -0.306. The molecular weight excluding hydrogens is 509 g/mol. The molecule has 4 heterocycles. The van der Waals surface area contributed by atoms with Crippen LogP contribution in [0.1, 0.15) is 34.6 Å². The van der Waals surface area contributed by atoms with E-state index in [-0.39, 0.29) is 11.9 Å². The minimum Gasteiger partial charge on any atom is -0.466 e. The third-order valence-electron chi connectivity index (χ3n) is 4.95. The lowest BCUT2D eigenvalue weighted by Crippen LogP contribution is -2.03. The Kier molecular flexibility index (Phi) is 8.10. The number of hydrogen-bond donors (Lipinski definition) is 0. The average molecular weight is 531 g/mol. The molecule has 9 heteroatoms. The third kappa shape index (κ3) is 5.90. The lowest BCUT2D eigenvalue weighted by atomic mass is 10.1. The van der Waals surface area contributed by atoms with Crippen LogP contribution in [-0.2, 0) is 31.9 Å². The van der Waals surface area contributed by atoms with Gasteiger partial charge in [-0.3, -0.25) is 14.4 Å². The molecule has 0 aliphatic heterocycles. The Hall–Kier alpha value is -2.59. The van der Waals surface area contributed by atoms with E-state index in [1.807, 2.05) is 6.07 Å². The van der Waals surface area contributed by atoms with Gasteiger partial charge in [-0.2, -0.15) is 0 Å². The van der Waals surface area contributed by atoms with Gasteiger partial charge in [-0.15, -0.1) is 45.3 Å². The zero-order valence-electron chi connectivity index (χ0n) is 18.6. The number of carbonyl (C=O) groups excluding carboxylic acids is 3. The summed E-state index contributed by atoms with van der Waals surface area (Å²) in [6.07, 6.45) is 2.14. The second kappa shape index (κ2) is 11.2. The summed E-state index contributed by atoms with van der Waals surface area (Å²) >= 11 is 6.59. The number of hydrogen-bond acceptors (Lipinski definition) is 9. The fourth-order valence-electron chi connectivity index (χ4n) is 3.45. The number of thiophene rings is 4. The second-order valence-electron chi connectivity index (χ2n) is 7.40. The van der Waals surface area contributed by atoms with Crippen molar-refractivity contribution in [2.24, 2.45) is 0 Å². The van der Waals surface area contributed by atoms with E-state index in [1.54, 1.807) is 34.0 Å². The van der Waals surface area contributed by atoms with Gasteiger partial charge in [0.2, 0.25) is 0 Å². The van der Waals surface area contributed by atoms with E-state index >= 15 is 0 Å². The molecule has 4 aromatic rings. The fraction of sp³-hybridized carbons (Fsp3) is 0.240. The van der Waals surface area contributed by atoms with Crippen molar-refractivity contribution in [2.75, 3.05) is 13.2 Å². The number of esters is 2. The summed E-state index contributed by atoms with van der Waals surface area (Å²) < 4.78 is 10.2. The largest absolute Gasteiger partial charge is 0.466 e. The number of aldehydes is 1. The Balaban J connectivity index is 1.53. The van der Waals surface area contributed by atoms with Crippen molar-refractivity contribution in [1.82, 2.24) is 0 Å². The lowest BCUT2D eigenvalue weighted by Gasteiger charge is -2.03. The molecule has 0 radical (unpaired) electrons. The van der Waals surface area contributed by atoms with Gasteiger partial charge < -0.3 is 9.47 Å². The molecule has 176 valence electrons. The quantitative estimate of drug-likeness (QED) is 0.164. The molecular formula is C25H22O5S4. The molecule has 0 saturated heterocycles. The highest BCUT2D eigenvalue weighted by molar-refractivity contribution is 7.28. The normalized spacial score (nSPS) is 10.9. The molecule has 0 saturated carbocycles. The van der Waals surface area contributed by atoms with Gasteiger partial charge in [0.1, 0.15) is 0 Å². The maximum atomic E-state index is 11.4. The van der Waals surface area contributed by atoms with Crippen LogP contribution in [0.5, 0.6) is 0 Å². The van der Waals surface area contributed by atoms with Crippen LogP contribution in [0.4, 0.5) is 0 Å². The topological polar surface area (TPSA) is 69.7 Å². The van der Waals surface area contributed by atoms with E-state index in [0.717, 1.165) is 26.5 Å². The van der Waals surface area contributed by atoms with Crippen LogP contribution in [0.25, 0.3) is 29.3 Å². The monoisotopic (exact) mass is 530 g/mol. The van der Waals surface area contributed by atoms with Crippen molar-refractivity contribution >= 4 is 63.6 Å². The van der Waals surface area contributed by atoms with Gasteiger partial charge in [-0.05, 0) is 52.9 Å². The average Bonchev–Trinajstić information content (AvgIpc) is 3.57. The van der Waals surface area contributed by atoms with Crippen LogP contribution in [-0.4, -0.2) is 31.4 Å². The summed E-state index contributed by atoms with van der Waals surface area (Å²) in [4.78, 5) is 41.1. The van der Waals surface area contributed by atoms with Crippen LogP contribution in [0.2, 0.25) is 0 Å². The maximum absolute atomic E-state index is 11.4. The Bertz CT molecular complexity index is 1310. The SMILES string of the molecule is CC(=O)OCCc1ccsc1-c1ccc(-c2ccc(-c3sc(C=O)cc3CCOC(C)=O)s2)s1. The Morgan fingerprint density at radius 1 is 0.765 bits per heavy atom. The van der Waals surface area contributed by atoms with E-state index < -0.39 is 0 Å². The smallest absolute Gasteiger partial charge is 0.302 e. The molecule has 0 N–H and O–H groups in total. The fourth-order valence-corrected chi connectivity index (χ4v) is 7.84. The predicted octanol–water partition coefficient (Wildman–Crippen LogP) is 6.96. The maximum Gasteiger partial charge on any atom is 0.302 e. The van der Waals surface area contributed by atoms with Crippen molar-refractivity contribution in [3.05, 3.63) is 57.8 Å². The third-order valence-corrected chi connectivity index (χ3v) is 9.73. The highest BCUT2D eigenvalue weighted by Crippen LogP contribution is 2.44. The molecule has 0 aliphatic carbocycles. The summed E-state index contributed by atoms with van der Waals surface area (Å²) in [5, 5.41) is 2.07. The first kappa shape index (κ1) is 24.5. The molecule has 0 amide bonds. The first-order valence-corrected chi connectivity index (χ1v) is 13.9. The highest BCUT2D eigenvalue weighted by atomic mass is 32.1. The molecule has 4 rings (SSSR count). The van der Waals surface area contributed by atoms with E-state index in [2.05, 4.69) is 35.7 Å². The van der Waals surface area contributed by atoms with Crippen LogP contribution in [0.3, 0.4) is 0 Å². The van der Waals surface area contributed by atoms with Crippen molar-refractivity contribution < 1.29 is 23.9 Å². The Labute approximate surface area is 213 Å². The van der Waals surface area contributed by atoms with Crippen molar-refractivity contribution in [3.63, 3.8) is 0 Å². The predicted molar refractivity (Wildman–Crippen MR) is 140 cm³/mol. The van der Waals surface area contributed by atoms with E-state index in [0.29, 0.717) is 30.9 Å². The Morgan fingerprint density at radius 3 is 1.91 bits per heavy atom. The summed E-state index contributed by atoms with van der Waals surface area (Å²) in [7, 11) is 0. The molecule has 0 fully saturated rings. The number of carbonyl (C=O) groups is 3. The first-order chi connectivity index (χ1) is 16.4. The molecule has 0 atom stereocenters. The van der Waals surface area contributed by atoms with Gasteiger partial charge in [0.05, 0.1) is 18.1 Å². The molecule has 0 bridgehead atoms. The molecule has 0 unspecified atom stereocenters. The zero-order valence-corrected chi connectivity index (χ0v) is 21.9. The molecule has 4 aromatic heterocycles. The van der Waals surface area contributed by atoms with Crippen LogP contribution in [0, 0.1) is 0 Å². The molecule has 34 heavy (non-hydrogen) atoms. The van der Waals surface area contributed by atoms with Crippen LogP contribution < -0.4 is 0 Å². The van der Waals surface area contributed by atoms with Gasteiger partial charge in [0.25, 0.3) is 0 Å². The summed E-state index contributed by atoms with van der Waals surface area (Å²) in [6.45, 7) is 3.50. The van der Waals surface area contributed by atoms with Gasteiger partial charge >= 0.3 is 11.9 Å². The Morgan fingerprint density at radius 2 is 1.32 bits per heavy atom. The van der Waals surface area contributed by atoms with E-state index in [4.69, 9.17) is 9.47 Å². The number of rotatable bonds is 10. The summed E-state index contributed by atoms with van der Waals surface area (Å²) in [5.41, 5.74) is 2.20. The van der Waals surface area contributed by atoms with Crippen molar-refractivity contribution in [1.29, 1.82) is 0 Å². The van der Waals surface area contributed by atoms with Gasteiger partial charge in [0.15, 0.2) is 6.29 Å². The summed E-state index contributed by atoms with van der Waals surface area (Å²) in [6, 6.07) is 12.4. The van der Waals surface area contributed by atoms with Gasteiger partial charge in [0, 0.05) is 56.0 Å². The van der Waals surface area contributed by atoms with Crippen molar-refractivity contribution in [3.8, 4) is 29.3 Å². The van der Waals surface area contributed by atoms with Gasteiger partial charge in [-0.1, -0.05) is 0 Å². The van der Waals surface area contributed by atoms with Crippen LogP contribution >= 0.6 is 45.3 Å². The van der Waals surface area contributed by atoms with E-state index in [9.17, 15) is 14.4 Å². The number of ether oxygens (including phenoxy) is 2. The van der Waals surface area contributed by atoms with Crippen molar-refractivity contribution in [2.45, 2.75) is 26.7 Å². The second-order valence-corrected chi connectivity index (χ2v) is 11.6. The molecule has 5 nitrogen and oxygen atoms in total. The minimum absolute atomic E-state index is 0.260. The zero-order chi connectivity index (χ0) is 24.1. The molecule has 0 spiro atoms. The highest BCUT2D eigenvalue weighted by Gasteiger charge is 2.16. The standard InChI is InChI=1S/C25H22O5S4/c1-15(27)29-10-7-17-9-12-31-24(17)22-5-3-20(33-22)21-4-6-23(34-21)25-18(8-11-30-16(2)28)13-19(14-26)32-25/h3-6,9,12-14H,7-8,10-11H2,1-2H3. The lowest BCUT2D eigenvalue weighted by molar-refractivity contribution is -0.141. The van der Waals surface area contributed by atoms with Gasteiger partial charge in [-0.25, -0.2) is 0 Å². The van der Waals surface area contributed by atoms with E-state index in [1.165, 1.54) is 45.4 Å². The first-order valence-electron chi connectivity index (χ1n) is 10.6.